The normalized spacial score (nSPS) is 15.9. The molecule has 2 heterocycles. The van der Waals surface area contributed by atoms with Crippen LogP contribution in [-0.4, -0.2) is 29.6 Å². The Balaban J connectivity index is 1.66. The molecule has 0 fully saturated rings. The number of carbonyl (C=O) groups is 2. The number of fused-ring (bicyclic) bond motifs is 1. The van der Waals surface area contributed by atoms with Gasteiger partial charge in [-0.05, 0) is 37.5 Å². The number of carboxylic acids is 1. The lowest BCUT2D eigenvalue weighted by Crippen LogP contribution is -2.30. The van der Waals surface area contributed by atoms with Gasteiger partial charge in [0.2, 0.25) is 0 Å². The molecule has 6 nitrogen and oxygen atoms in total. The number of carbonyl (C=O) groups excluding carboxylic acids is 1. The average molecular weight is 342 g/mol. The van der Waals surface area contributed by atoms with Gasteiger partial charge in [-0.1, -0.05) is 18.2 Å². The first-order valence-corrected chi connectivity index (χ1v) is 8.47. The highest BCUT2D eigenvalue weighted by molar-refractivity contribution is 5.95. The minimum Gasteiger partial charge on any atom is -0.481 e. The quantitative estimate of drug-likeness (QED) is 0.756. The van der Waals surface area contributed by atoms with Crippen molar-refractivity contribution in [3.05, 3.63) is 53.5 Å². The average Bonchev–Trinajstić information content (AvgIpc) is 3.17. The van der Waals surface area contributed by atoms with E-state index in [4.69, 9.17) is 9.52 Å². The molecular formula is C19H22N2O4. The van der Waals surface area contributed by atoms with Gasteiger partial charge in [-0.3, -0.25) is 9.59 Å². The molecule has 1 amide bonds. The van der Waals surface area contributed by atoms with E-state index in [0.29, 0.717) is 36.9 Å². The predicted molar refractivity (Wildman–Crippen MR) is 93.7 cm³/mol. The first-order valence-electron chi connectivity index (χ1n) is 8.47. The van der Waals surface area contributed by atoms with Gasteiger partial charge in [0.15, 0.2) is 0 Å². The molecule has 1 atom stereocenters. The van der Waals surface area contributed by atoms with Crippen LogP contribution in [-0.2, 0) is 17.8 Å². The smallest absolute Gasteiger partial charge is 0.303 e. The van der Waals surface area contributed by atoms with E-state index in [1.807, 2.05) is 12.1 Å². The Labute approximate surface area is 146 Å². The second-order valence-electron chi connectivity index (χ2n) is 6.32. The second kappa shape index (κ2) is 7.42. The number of aliphatic carboxylic acids is 1. The van der Waals surface area contributed by atoms with Crippen LogP contribution in [0.2, 0.25) is 0 Å². The van der Waals surface area contributed by atoms with Crippen LogP contribution in [0.3, 0.4) is 0 Å². The van der Waals surface area contributed by atoms with Gasteiger partial charge in [0.05, 0.1) is 18.4 Å². The highest BCUT2D eigenvalue weighted by Gasteiger charge is 2.27. The van der Waals surface area contributed by atoms with E-state index in [1.54, 1.807) is 6.07 Å². The summed E-state index contributed by atoms with van der Waals surface area (Å²) in [6.07, 6.45) is 2.95. The van der Waals surface area contributed by atoms with Gasteiger partial charge in [0.1, 0.15) is 5.76 Å². The van der Waals surface area contributed by atoms with Crippen molar-refractivity contribution in [3.8, 4) is 0 Å². The van der Waals surface area contributed by atoms with E-state index in [9.17, 15) is 9.59 Å². The molecule has 0 spiro atoms. The molecular weight excluding hydrogens is 320 g/mol. The molecule has 1 aliphatic heterocycles. The molecule has 1 aliphatic rings. The number of hydrogen-bond donors (Lipinski definition) is 2. The summed E-state index contributed by atoms with van der Waals surface area (Å²) in [4.78, 5) is 25.1. The van der Waals surface area contributed by atoms with Gasteiger partial charge in [0.25, 0.3) is 5.91 Å². The lowest BCUT2D eigenvalue weighted by atomic mass is 10.1. The zero-order valence-electron chi connectivity index (χ0n) is 14.2. The monoisotopic (exact) mass is 342 g/mol. The molecule has 0 aliphatic carbocycles. The van der Waals surface area contributed by atoms with Crippen molar-refractivity contribution in [2.45, 2.75) is 38.8 Å². The Morgan fingerprint density at radius 1 is 1.32 bits per heavy atom. The Morgan fingerprint density at radius 3 is 2.92 bits per heavy atom. The highest BCUT2D eigenvalue weighted by Crippen LogP contribution is 2.33. The van der Waals surface area contributed by atoms with E-state index >= 15 is 0 Å². The molecule has 25 heavy (non-hydrogen) atoms. The Morgan fingerprint density at radius 2 is 2.12 bits per heavy atom. The van der Waals surface area contributed by atoms with Gasteiger partial charge in [-0.15, -0.1) is 0 Å². The molecule has 132 valence electrons. The molecule has 0 saturated carbocycles. The molecule has 6 heteroatoms. The molecule has 1 aromatic carbocycles. The highest BCUT2D eigenvalue weighted by atomic mass is 16.4. The molecule has 0 saturated heterocycles. The largest absolute Gasteiger partial charge is 0.481 e. The minimum atomic E-state index is -0.861. The number of rotatable bonds is 7. The fraction of sp³-hybridized carbons (Fsp3) is 0.368. The van der Waals surface area contributed by atoms with Gasteiger partial charge < -0.3 is 19.7 Å². The van der Waals surface area contributed by atoms with Crippen LogP contribution in [0.15, 0.2) is 41.0 Å². The van der Waals surface area contributed by atoms with E-state index < -0.39 is 5.97 Å². The molecule has 1 aromatic heterocycles. The van der Waals surface area contributed by atoms with E-state index in [2.05, 4.69) is 29.3 Å². The number of benzene rings is 1. The van der Waals surface area contributed by atoms with E-state index in [1.165, 1.54) is 17.5 Å². The third-order valence-electron chi connectivity index (χ3n) is 4.51. The molecule has 3 rings (SSSR count). The van der Waals surface area contributed by atoms with E-state index in [-0.39, 0.29) is 12.3 Å². The van der Waals surface area contributed by atoms with Crippen molar-refractivity contribution >= 4 is 17.6 Å². The number of nitrogens with one attached hydrogen (secondary N) is 1. The van der Waals surface area contributed by atoms with Crippen LogP contribution in [0.25, 0.3) is 0 Å². The Kier molecular flexibility index (Phi) is 5.07. The first-order chi connectivity index (χ1) is 12.1. The first kappa shape index (κ1) is 17.1. The van der Waals surface area contributed by atoms with Crippen molar-refractivity contribution in [3.63, 3.8) is 0 Å². The summed E-state index contributed by atoms with van der Waals surface area (Å²) in [5.41, 5.74) is 2.99. The van der Waals surface area contributed by atoms with Crippen LogP contribution < -0.4 is 10.2 Å². The molecule has 2 N–H and O–H groups in total. The molecule has 1 unspecified atom stereocenters. The summed E-state index contributed by atoms with van der Waals surface area (Å²) in [6.45, 7) is 3.02. The fourth-order valence-electron chi connectivity index (χ4n) is 3.23. The maximum Gasteiger partial charge on any atom is 0.303 e. The molecule has 0 radical (unpaired) electrons. The van der Waals surface area contributed by atoms with Crippen molar-refractivity contribution in [1.29, 1.82) is 0 Å². The maximum atomic E-state index is 12.3. The second-order valence-corrected chi connectivity index (χ2v) is 6.32. The van der Waals surface area contributed by atoms with Gasteiger partial charge >= 0.3 is 5.97 Å². The predicted octanol–water partition coefficient (Wildman–Crippen LogP) is 2.83. The fourth-order valence-corrected chi connectivity index (χ4v) is 3.23. The summed E-state index contributed by atoms with van der Waals surface area (Å²) < 4.78 is 5.56. The van der Waals surface area contributed by atoms with Crippen molar-refractivity contribution in [2.75, 3.05) is 11.4 Å². The number of carboxylic acid groups (broad SMARTS) is 1. The number of nitrogens with zero attached hydrogens (tertiary/aromatic N) is 1. The van der Waals surface area contributed by atoms with Crippen molar-refractivity contribution in [1.82, 2.24) is 5.32 Å². The Bertz CT molecular complexity index is 768. The summed E-state index contributed by atoms with van der Waals surface area (Å²) in [5, 5.41) is 11.4. The van der Waals surface area contributed by atoms with Crippen LogP contribution in [0.4, 0.5) is 5.69 Å². The maximum absolute atomic E-state index is 12.3. The van der Waals surface area contributed by atoms with Gasteiger partial charge in [0, 0.05) is 24.7 Å². The number of hydrogen-bond acceptors (Lipinski definition) is 4. The van der Waals surface area contributed by atoms with Crippen LogP contribution >= 0.6 is 0 Å². The summed E-state index contributed by atoms with van der Waals surface area (Å²) in [6, 6.07) is 10.3. The van der Waals surface area contributed by atoms with Gasteiger partial charge in [-0.25, -0.2) is 0 Å². The van der Waals surface area contributed by atoms with Crippen LogP contribution in [0, 0.1) is 0 Å². The summed E-state index contributed by atoms with van der Waals surface area (Å²) >= 11 is 0. The van der Waals surface area contributed by atoms with Crippen LogP contribution in [0.5, 0.6) is 0 Å². The Hall–Kier alpha value is -2.76. The molecule has 2 aromatic rings. The van der Waals surface area contributed by atoms with E-state index in [0.717, 1.165) is 6.42 Å². The zero-order valence-corrected chi connectivity index (χ0v) is 14.2. The number of furan rings is 1. The van der Waals surface area contributed by atoms with Crippen LogP contribution in [0.1, 0.15) is 41.4 Å². The topological polar surface area (TPSA) is 82.8 Å². The third kappa shape index (κ3) is 3.84. The summed E-state index contributed by atoms with van der Waals surface area (Å²) in [7, 11) is 0. The zero-order chi connectivity index (χ0) is 17.8. The minimum absolute atomic E-state index is 0.0423. The summed E-state index contributed by atoms with van der Waals surface area (Å²) in [5.74, 6) is -0.464. The number of para-hydroxylation sites is 1. The SMILES string of the molecule is CC1Cc2ccccc2N1Cc1occc1C(=O)NCCCC(=O)O. The van der Waals surface area contributed by atoms with Crippen molar-refractivity contribution in [2.24, 2.45) is 0 Å². The lowest BCUT2D eigenvalue weighted by molar-refractivity contribution is -0.137. The number of anilines is 1. The lowest BCUT2D eigenvalue weighted by Gasteiger charge is -2.24. The number of amides is 1. The van der Waals surface area contributed by atoms with Crippen molar-refractivity contribution < 1.29 is 19.1 Å². The molecule has 0 bridgehead atoms. The standard InChI is InChI=1S/C19H22N2O4/c1-13-11-14-5-2-3-6-16(14)21(13)12-17-15(8-10-25-17)19(24)20-9-4-7-18(22)23/h2-3,5-6,8,10,13H,4,7,9,11-12H2,1H3,(H,20,24)(H,22,23). The third-order valence-corrected chi connectivity index (χ3v) is 4.51. The van der Waals surface area contributed by atoms with Gasteiger partial charge in [-0.2, -0.15) is 0 Å².